The summed E-state index contributed by atoms with van der Waals surface area (Å²) in [5.41, 5.74) is 0. The van der Waals surface area contributed by atoms with Gasteiger partial charge in [0.25, 0.3) is 0 Å². The van der Waals surface area contributed by atoms with Crippen LogP contribution in [-0.4, -0.2) is 31.5 Å². The smallest absolute Gasteiger partial charge is 0.224 e. The van der Waals surface area contributed by atoms with Crippen LogP contribution in [0.2, 0.25) is 15.2 Å². The van der Waals surface area contributed by atoms with Crippen LogP contribution in [0.5, 0.6) is 0 Å². The van der Waals surface area contributed by atoms with Crippen molar-refractivity contribution in [3.05, 3.63) is 21.3 Å². The zero-order valence-electron chi connectivity index (χ0n) is 10.3. The van der Waals surface area contributed by atoms with Gasteiger partial charge in [-0.3, -0.25) is 4.79 Å². The second kappa shape index (κ2) is 6.45. The maximum Gasteiger partial charge on any atom is 0.224 e. The fourth-order valence-corrected chi connectivity index (χ4v) is 2.17. The Hall–Kier alpha value is -0.710. The van der Waals surface area contributed by atoms with Gasteiger partial charge in [0.05, 0.1) is 16.0 Å². The van der Waals surface area contributed by atoms with Gasteiger partial charge in [0.15, 0.2) is 0 Å². The van der Waals surface area contributed by atoms with E-state index in [2.05, 4.69) is 10.3 Å². The maximum absolute atomic E-state index is 11.4. The van der Waals surface area contributed by atoms with E-state index in [0.717, 1.165) is 0 Å². The summed E-state index contributed by atoms with van der Waals surface area (Å²) in [5.74, 6) is 0.271. The van der Waals surface area contributed by atoms with Crippen molar-refractivity contribution < 1.29 is 4.79 Å². The van der Waals surface area contributed by atoms with Gasteiger partial charge in [-0.25, -0.2) is 4.98 Å². The Kier molecular flexibility index (Phi) is 5.50. The van der Waals surface area contributed by atoms with Crippen molar-refractivity contribution in [2.75, 3.05) is 25.5 Å². The molecule has 0 aromatic carbocycles. The Morgan fingerprint density at radius 1 is 1.44 bits per heavy atom. The molecule has 0 saturated carbocycles. The van der Waals surface area contributed by atoms with E-state index < -0.39 is 0 Å². The van der Waals surface area contributed by atoms with E-state index in [1.54, 1.807) is 19.0 Å². The van der Waals surface area contributed by atoms with Crippen molar-refractivity contribution in [1.82, 2.24) is 10.3 Å². The number of pyridine rings is 1. The number of carbonyl (C=O) groups excluding carboxylic acids is 1. The van der Waals surface area contributed by atoms with E-state index in [1.807, 2.05) is 6.92 Å². The number of halogens is 3. The normalized spacial score (nSPS) is 12.1. The van der Waals surface area contributed by atoms with E-state index in [1.165, 1.54) is 6.07 Å². The van der Waals surface area contributed by atoms with E-state index in [-0.39, 0.29) is 17.0 Å². The Labute approximate surface area is 121 Å². The number of aromatic nitrogens is 1. The summed E-state index contributed by atoms with van der Waals surface area (Å²) in [6.07, 6.45) is 0. The molecule has 1 unspecified atom stereocenters. The molecule has 1 N–H and O–H groups in total. The van der Waals surface area contributed by atoms with Gasteiger partial charge < -0.3 is 10.2 Å². The molecule has 1 aromatic rings. The predicted molar refractivity (Wildman–Crippen MR) is 75.8 cm³/mol. The summed E-state index contributed by atoms with van der Waals surface area (Å²) in [5, 5.41) is 3.48. The molecule has 0 aliphatic carbocycles. The summed E-state index contributed by atoms with van der Waals surface area (Å²) in [6, 6.07) is 1.54. The number of hydrogen-bond donors (Lipinski definition) is 1. The van der Waals surface area contributed by atoms with E-state index >= 15 is 0 Å². The highest BCUT2D eigenvalue weighted by molar-refractivity contribution is 6.42. The summed E-state index contributed by atoms with van der Waals surface area (Å²) in [4.78, 5) is 17.3. The van der Waals surface area contributed by atoms with Crippen LogP contribution in [-0.2, 0) is 4.79 Å². The van der Waals surface area contributed by atoms with E-state index in [0.29, 0.717) is 22.4 Å². The Balaban J connectivity index is 2.87. The lowest BCUT2D eigenvalue weighted by Gasteiger charge is -2.22. The van der Waals surface area contributed by atoms with Crippen molar-refractivity contribution >= 4 is 46.5 Å². The van der Waals surface area contributed by atoms with Crippen molar-refractivity contribution in [3.8, 4) is 0 Å². The lowest BCUT2D eigenvalue weighted by atomic mass is 10.1. The van der Waals surface area contributed by atoms with Crippen molar-refractivity contribution in [2.24, 2.45) is 5.92 Å². The van der Waals surface area contributed by atoms with Crippen molar-refractivity contribution in [2.45, 2.75) is 6.92 Å². The minimum absolute atomic E-state index is 0.0435. The fraction of sp³-hybridized carbons (Fsp3) is 0.455. The number of nitrogens with zero attached hydrogens (tertiary/aromatic N) is 2. The van der Waals surface area contributed by atoms with Gasteiger partial charge in [-0.15, -0.1) is 0 Å². The van der Waals surface area contributed by atoms with Crippen LogP contribution in [0, 0.1) is 5.92 Å². The highest BCUT2D eigenvalue weighted by Gasteiger charge is 2.17. The van der Waals surface area contributed by atoms with Gasteiger partial charge in [0.1, 0.15) is 11.0 Å². The summed E-state index contributed by atoms with van der Waals surface area (Å²) in [7, 11) is 3.39. The average Bonchev–Trinajstić information content (AvgIpc) is 2.32. The zero-order valence-corrected chi connectivity index (χ0v) is 12.6. The average molecular weight is 311 g/mol. The minimum Gasteiger partial charge on any atom is -0.359 e. The first-order valence-electron chi connectivity index (χ1n) is 5.31. The molecule has 0 saturated heterocycles. The van der Waals surface area contributed by atoms with E-state index in [4.69, 9.17) is 34.8 Å². The third-order valence-electron chi connectivity index (χ3n) is 2.47. The summed E-state index contributed by atoms with van der Waals surface area (Å²) >= 11 is 17.7. The summed E-state index contributed by atoms with van der Waals surface area (Å²) < 4.78 is 0. The van der Waals surface area contributed by atoms with Gasteiger partial charge in [0.2, 0.25) is 5.91 Å². The lowest BCUT2D eigenvalue weighted by molar-refractivity contribution is -0.123. The van der Waals surface area contributed by atoms with Crippen LogP contribution < -0.4 is 10.2 Å². The van der Waals surface area contributed by atoms with Crippen LogP contribution >= 0.6 is 34.8 Å². The second-order valence-corrected chi connectivity index (χ2v) is 5.13. The Morgan fingerprint density at radius 3 is 2.61 bits per heavy atom. The quantitative estimate of drug-likeness (QED) is 0.870. The first-order chi connectivity index (χ1) is 8.36. The maximum atomic E-state index is 11.4. The third-order valence-corrected chi connectivity index (χ3v) is 3.42. The number of carbonyl (C=O) groups is 1. The SMILES string of the molecule is CNC(=O)C(C)CN(C)c1nc(Cl)c(Cl)cc1Cl. The molecular weight excluding hydrogens is 296 g/mol. The molecule has 1 heterocycles. The standard InChI is InChI=1S/C11H14Cl3N3O/c1-6(11(18)15-2)5-17(3)10-8(13)4-7(12)9(14)16-10/h4,6H,5H2,1-3H3,(H,15,18). The Bertz CT molecular complexity index is 453. The first-order valence-corrected chi connectivity index (χ1v) is 6.44. The molecule has 1 rings (SSSR count). The van der Waals surface area contributed by atoms with Crippen LogP contribution in [0.4, 0.5) is 5.82 Å². The number of anilines is 1. The van der Waals surface area contributed by atoms with E-state index in [9.17, 15) is 4.79 Å². The fourth-order valence-electron chi connectivity index (χ4n) is 1.53. The van der Waals surface area contributed by atoms with Crippen LogP contribution in [0.3, 0.4) is 0 Å². The van der Waals surface area contributed by atoms with Gasteiger partial charge in [0, 0.05) is 20.6 Å². The highest BCUT2D eigenvalue weighted by Crippen LogP contribution is 2.30. The minimum atomic E-state index is -0.188. The lowest BCUT2D eigenvalue weighted by Crippen LogP contribution is -2.34. The molecule has 100 valence electrons. The van der Waals surface area contributed by atoms with Crippen molar-refractivity contribution in [3.63, 3.8) is 0 Å². The summed E-state index contributed by atoms with van der Waals surface area (Å²) in [6.45, 7) is 2.30. The van der Waals surface area contributed by atoms with Gasteiger partial charge in [-0.1, -0.05) is 41.7 Å². The predicted octanol–water partition coefficient (Wildman–Crippen LogP) is 2.86. The Morgan fingerprint density at radius 2 is 2.06 bits per heavy atom. The highest BCUT2D eigenvalue weighted by atomic mass is 35.5. The van der Waals surface area contributed by atoms with Crippen LogP contribution in [0.1, 0.15) is 6.92 Å². The van der Waals surface area contributed by atoms with Crippen LogP contribution in [0.25, 0.3) is 0 Å². The number of amides is 1. The molecule has 0 fully saturated rings. The monoisotopic (exact) mass is 309 g/mol. The molecule has 0 aliphatic rings. The van der Waals surface area contributed by atoms with Crippen LogP contribution in [0.15, 0.2) is 6.07 Å². The molecule has 0 aliphatic heterocycles. The number of nitrogens with one attached hydrogen (secondary N) is 1. The molecule has 0 radical (unpaired) electrons. The topological polar surface area (TPSA) is 45.2 Å². The molecule has 4 nitrogen and oxygen atoms in total. The second-order valence-electron chi connectivity index (χ2n) is 3.96. The van der Waals surface area contributed by atoms with Gasteiger partial charge in [-0.05, 0) is 6.07 Å². The molecule has 0 bridgehead atoms. The molecule has 0 spiro atoms. The van der Waals surface area contributed by atoms with Gasteiger partial charge >= 0.3 is 0 Å². The number of rotatable bonds is 4. The largest absolute Gasteiger partial charge is 0.359 e. The zero-order chi connectivity index (χ0) is 13.9. The van der Waals surface area contributed by atoms with Gasteiger partial charge in [-0.2, -0.15) is 0 Å². The van der Waals surface area contributed by atoms with Crippen molar-refractivity contribution in [1.29, 1.82) is 0 Å². The molecule has 1 atom stereocenters. The molecular formula is C11H14Cl3N3O. The number of hydrogen-bond acceptors (Lipinski definition) is 3. The molecule has 1 aromatic heterocycles. The first kappa shape index (κ1) is 15.3. The third kappa shape index (κ3) is 3.64. The molecule has 7 heteroatoms. The molecule has 1 amide bonds. The molecule has 18 heavy (non-hydrogen) atoms.